The molecule has 5 rings (SSSR count). The van der Waals surface area contributed by atoms with E-state index in [0.717, 1.165) is 54.9 Å². The molecule has 2 aromatic carbocycles. The van der Waals surface area contributed by atoms with Crippen molar-refractivity contribution in [3.05, 3.63) is 77.4 Å². The Morgan fingerprint density at radius 1 is 0.947 bits per heavy atom. The van der Waals surface area contributed by atoms with E-state index >= 15 is 0 Å². The third-order valence-corrected chi connectivity index (χ3v) is 8.89. The summed E-state index contributed by atoms with van der Waals surface area (Å²) in [5.41, 5.74) is 4.63. The predicted molar refractivity (Wildman–Crippen MR) is 154 cm³/mol. The van der Waals surface area contributed by atoms with Crippen LogP contribution in [-0.2, 0) is 4.79 Å². The van der Waals surface area contributed by atoms with Gasteiger partial charge in [-0.3, -0.25) is 4.79 Å². The molecule has 3 aliphatic carbocycles. The quantitative estimate of drug-likeness (QED) is 0.359. The van der Waals surface area contributed by atoms with E-state index in [1.54, 1.807) is 12.1 Å². The number of carbonyl (C=O) groups is 1. The minimum absolute atomic E-state index is 0.146. The van der Waals surface area contributed by atoms with Gasteiger partial charge in [0.05, 0.1) is 6.61 Å². The van der Waals surface area contributed by atoms with Gasteiger partial charge in [0.1, 0.15) is 11.5 Å². The maximum absolute atomic E-state index is 13.2. The molecule has 2 bridgehead atoms. The summed E-state index contributed by atoms with van der Waals surface area (Å²) in [6.45, 7) is 8.13. The van der Waals surface area contributed by atoms with Gasteiger partial charge < -0.3 is 15.2 Å². The lowest BCUT2D eigenvalue weighted by atomic mass is 9.56. The summed E-state index contributed by atoms with van der Waals surface area (Å²) < 4.78 is 6.04. The van der Waals surface area contributed by atoms with E-state index in [1.165, 1.54) is 24.0 Å². The smallest absolute Gasteiger partial charge is 0.226 e. The molecule has 2 saturated carbocycles. The first-order valence-electron chi connectivity index (χ1n) is 14.5. The van der Waals surface area contributed by atoms with Crippen LogP contribution in [-0.4, -0.2) is 24.2 Å². The van der Waals surface area contributed by atoms with E-state index in [9.17, 15) is 9.90 Å². The van der Waals surface area contributed by atoms with Crippen LogP contribution < -0.4 is 10.1 Å². The summed E-state index contributed by atoms with van der Waals surface area (Å²) in [5.74, 6) is 3.87. The molecule has 38 heavy (non-hydrogen) atoms. The highest BCUT2D eigenvalue weighted by Gasteiger charge is 2.48. The molecule has 3 unspecified atom stereocenters. The van der Waals surface area contributed by atoms with E-state index in [0.29, 0.717) is 30.9 Å². The summed E-state index contributed by atoms with van der Waals surface area (Å²) in [6, 6.07) is 15.8. The molecule has 0 saturated heterocycles. The van der Waals surface area contributed by atoms with Gasteiger partial charge in [0, 0.05) is 12.0 Å². The van der Waals surface area contributed by atoms with Gasteiger partial charge >= 0.3 is 0 Å². The van der Waals surface area contributed by atoms with Gasteiger partial charge in [-0.25, -0.2) is 0 Å². The standard InChI is InChI=1S/C34H43NO3/c1-23-18-26-19-24(2)21-34(20-23,22-26)33(37)35-16-5-17-38-30-14-10-28(11-15-30)32(31-7-4-6-25(31)3)27-8-12-29(36)13-9-27/h4,7-15,23-26,36H,5-6,16-22H2,1-3H3,(H,35,37)/b32-31+. The van der Waals surface area contributed by atoms with Crippen molar-refractivity contribution >= 4 is 11.5 Å². The Morgan fingerprint density at radius 3 is 2.18 bits per heavy atom. The summed E-state index contributed by atoms with van der Waals surface area (Å²) >= 11 is 0. The van der Waals surface area contributed by atoms with Crippen LogP contribution in [0.25, 0.3) is 5.57 Å². The van der Waals surface area contributed by atoms with Gasteiger partial charge in [-0.1, -0.05) is 57.2 Å². The average molecular weight is 514 g/mol. The molecule has 0 aromatic heterocycles. The number of hydrogen-bond donors (Lipinski definition) is 2. The molecule has 0 spiro atoms. The molecule has 0 radical (unpaired) electrons. The maximum Gasteiger partial charge on any atom is 0.226 e. The fourth-order valence-corrected chi connectivity index (χ4v) is 7.50. The van der Waals surface area contributed by atoms with Crippen molar-refractivity contribution in [3.63, 3.8) is 0 Å². The van der Waals surface area contributed by atoms with Gasteiger partial charge in [-0.05, 0) is 115 Å². The van der Waals surface area contributed by atoms with Gasteiger partial charge in [-0.15, -0.1) is 0 Å². The molecule has 0 aliphatic heterocycles. The first-order valence-corrected chi connectivity index (χ1v) is 14.5. The number of phenols is 1. The summed E-state index contributed by atoms with van der Waals surface area (Å²) in [5, 5.41) is 13.0. The number of rotatable bonds is 8. The second kappa shape index (κ2) is 11.4. The monoisotopic (exact) mass is 513 g/mol. The second-order valence-electron chi connectivity index (χ2n) is 12.3. The molecular formula is C34H43NO3. The average Bonchev–Trinajstić information content (AvgIpc) is 3.30. The predicted octanol–water partition coefficient (Wildman–Crippen LogP) is 7.53. The number of ether oxygens (including phenoxy) is 1. The van der Waals surface area contributed by atoms with Gasteiger partial charge in [0.2, 0.25) is 5.91 Å². The van der Waals surface area contributed by atoms with Crippen LogP contribution in [0.5, 0.6) is 11.5 Å². The van der Waals surface area contributed by atoms with Crippen LogP contribution in [0.1, 0.15) is 76.8 Å². The van der Waals surface area contributed by atoms with Crippen molar-refractivity contribution in [2.45, 2.75) is 65.7 Å². The maximum atomic E-state index is 13.2. The Kier molecular flexibility index (Phi) is 7.97. The number of amides is 1. The lowest BCUT2D eigenvalue weighted by Gasteiger charge is -2.48. The largest absolute Gasteiger partial charge is 0.508 e. The summed E-state index contributed by atoms with van der Waals surface area (Å²) in [7, 11) is 0. The SMILES string of the molecule is CC1CC2CC(C)CC(C(=O)NCCCOc3ccc(/C(=C4\C=CCC4C)c4ccc(O)cc4)cc3)(C1)C2. The van der Waals surface area contributed by atoms with Gasteiger partial charge in [0.15, 0.2) is 0 Å². The van der Waals surface area contributed by atoms with Crippen molar-refractivity contribution in [1.29, 1.82) is 0 Å². The number of carbonyl (C=O) groups excluding carboxylic acids is 1. The number of aromatic hydroxyl groups is 1. The van der Waals surface area contributed by atoms with Crippen LogP contribution in [0.3, 0.4) is 0 Å². The fraction of sp³-hybridized carbons (Fsp3) is 0.500. The Hall–Kier alpha value is -3.01. The molecule has 202 valence electrons. The molecule has 2 N–H and O–H groups in total. The zero-order valence-electron chi connectivity index (χ0n) is 23.2. The first-order chi connectivity index (χ1) is 18.3. The third kappa shape index (κ3) is 5.85. The van der Waals surface area contributed by atoms with Gasteiger partial charge in [0.25, 0.3) is 0 Å². The minimum atomic E-state index is -0.146. The van der Waals surface area contributed by atoms with E-state index in [-0.39, 0.29) is 17.1 Å². The minimum Gasteiger partial charge on any atom is -0.508 e. The van der Waals surface area contributed by atoms with Crippen LogP contribution in [0.15, 0.2) is 66.3 Å². The first kappa shape index (κ1) is 26.6. The Morgan fingerprint density at radius 2 is 1.58 bits per heavy atom. The number of hydrogen-bond acceptors (Lipinski definition) is 3. The van der Waals surface area contributed by atoms with Crippen molar-refractivity contribution in [2.24, 2.45) is 29.1 Å². The molecule has 3 aliphatic rings. The Labute approximate surface area is 228 Å². The molecule has 2 aromatic rings. The molecule has 3 atom stereocenters. The number of nitrogens with one attached hydrogen (secondary N) is 1. The van der Waals surface area contributed by atoms with Crippen LogP contribution in [0.2, 0.25) is 0 Å². The van der Waals surface area contributed by atoms with Gasteiger partial charge in [-0.2, -0.15) is 0 Å². The van der Waals surface area contributed by atoms with Crippen molar-refractivity contribution in [3.8, 4) is 11.5 Å². The number of phenolic OH excluding ortho intramolecular Hbond substituents is 1. The van der Waals surface area contributed by atoms with E-state index < -0.39 is 0 Å². The highest BCUT2D eigenvalue weighted by molar-refractivity contribution is 5.85. The van der Waals surface area contributed by atoms with E-state index in [4.69, 9.17) is 4.74 Å². The summed E-state index contributed by atoms with van der Waals surface area (Å²) in [6.07, 6.45) is 12.0. The lowest BCUT2D eigenvalue weighted by molar-refractivity contribution is -0.139. The van der Waals surface area contributed by atoms with Crippen LogP contribution in [0.4, 0.5) is 0 Å². The second-order valence-corrected chi connectivity index (χ2v) is 12.3. The molecule has 4 heteroatoms. The summed E-state index contributed by atoms with van der Waals surface area (Å²) in [4.78, 5) is 13.2. The lowest BCUT2D eigenvalue weighted by Crippen LogP contribution is -2.49. The molecule has 0 heterocycles. The topological polar surface area (TPSA) is 58.6 Å². The van der Waals surface area contributed by atoms with Crippen LogP contribution in [0, 0.1) is 29.1 Å². The Bertz CT molecular complexity index is 1160. The molecular weight excluding hydrogens is 470 g/mol. The molecule has 4 nitrogen and oxygen atoms in total. The molecule has 1 amide bonds. The van der Waals surface area contributed by atoms with Crippen molar-refractivity contribution in [2.75, 3.05) is 13.2 Å². The highest BCUT2D eigenvalue weighted by atomic mass is 16.5. The Balaban J connectivity index is 1.16. The van der Waals surface area contributed by atoms with Crippen molar-refractivity contribution < 1.29 is 14.6 Å². The zero-order valence-corrected chi connectivity index (χ0v) is 23.2. The van der Waals surface area contributed by atoms with Crippen LogP contribution >= 0.6 is 0 Å². The fourth-order valence-electron chi connectivity index (χ4n) is 7.50. The number of allylic oxidation sites excluding steroid dienone is 3. The van der Waals surface area contributed by atoms with E-state index in [1.807, 2.05) is 24.3 Å². The number of fused-ring (bicyclic) bond motifs is 2. The van der Waals surface area contributed by atoms with E-state index in [2.05, 4.69) is 50.4 Å². The number of benzene rings is 2. The highest BCUT2D eigenvalue weighted by Crippen LogP contribution is 2.52. The zero-order chi connectivity index (χ0) is 26.7. The normalized spacial score (nSPS) is 29.7. The molecule has 2 fully saturated rings. The van der Waals surface area contributed by atoms with Crippen molar-refractivity contribution in [1.82, 2.24) is 5.32 Å². The third-order valence-electron chi connectivity index (χ3n) is 8.89.